The first-order chi connectivity index (χ1) is 9.00. The molecule has 0 aromatic carbocycles. The third-order valence-corrected chi connectivity index (χ3v) is 3.14. The first-order valence-electron chi connectivity index (χ1n) is 6.24. The molecule has 0 aliphatic carbocycles. The van der Waals surface area contributed by atoms with Crippen molar-refractivity contribution in [2.45, 2.75) is 45.2 Å². The summed E-state index contributed by atoms with van der Waals surface area (Å²) in [5, 5.41) is 0. The van der Waals surface area contributed by atoms with E-state index in [0.29, 0.717) is 0 Å². The standard InChI is InChI=1S/C13H19F5O2/c1-4-11(19)20-8-6-10(3)13(17,18)9(2)5-7-12(14,15)16/h4,9-10H,1,5-8H2,2-3H3. The van der Waals surface area contributed by atoms with Crippen LogP contribution in [0.4, 0.5) is 22.0 Å². The molecule has 2 nitrogen and oxygen atoms in total. The van der Waals surface area contributed by atoms with Crippen LogP contribution in [0.2, 0.25) is 0 Å². The van der Waals surface area contributed by atoms with Crippen LogP contribution in [0.25, 0.3) is 0 Å². The quantitative estimate of drug-likeness (QED) is 0.378. The number of carbonyl (C=O) groups excluding carboxylic acids is 1. The second-order valence-corrected chi connectivity index (χ2v) is 4.79. The Morgan fingerprint density at radius 3 is 2.10 bits per heavy atom. The summed E-state index contributed by atoms with van der Waals surface area (Å²) in [4.78, 5) is 10.7. The number of halogens is 5. The summed E-state index contributed by atoms with van der Waals surface area (Å²) in [5.41, 5.74) is 0. The highest BCUT2D eigenvalue weighted by Crippen LogP contribution is 2.38. The second kappa shape index (κ2) is 7.59. The van der Waals surface area contributed by atoms with Crippen LogP contribution in [0.3, 0.4) is 0 Å². The Morgan fingerprint density at radius 1 is 1.15 bits per heavy atom. The Balaban J connectivity index is 4.30. The van der Waals surface area contributed by atoms with Crippen molar-refractivity contribution in [2.24, 2.45) is 11.8 Å². The fourth-order valence-electron chi connectivity index (χ4n) is 1.65. The maximum atomic E-state index is 13.9. The van der Waals surface area contributed by atoms with E-state index in [-0.39, 0.29) is 13.0 Å². The maximum absolute atomic E-state index is 13.9. The van der Waals surface area contributed by atoms with E-state index in [2.05, 4.69) is 11.3 Å². The molecule has 0 fully saturated rings. The van der Waals surface area contributed by atoms with Gasteiger partial charge in [-0.3, -0.25) is 0 Å². The van der Waals surface area contributed by atoms with Crippen molar-refractivity contribution in [1.29, 1.82) is 0 Å². The lowest BCUT2D eigenvalue weighted by atomic mass is 9.87. The van der Waals surface area contributed by atoms with Crippen LogP contribution < -0.4 is 0 Å². The van der Waals surface area contributed by atoms with Crippen LogP contribution in [0.15, 0.2) is 12.7 Å². The molecule has 2 atom stereocenters. The predicted molar refractivity (Wildman–Crippen MR) is 64.3 cm³/mol. The first-order valence-corrected chi connectivity index (χ1v) is 6.24. The van der Waals surface area contributed by atoms with Crippen molar-refractivity contribution in [3.63, 3.8) is 0 Å². The number of ether oxygens (including phenoxy) is 1. The molecule has 0 saturated heterocycles. The van der Waals surface area contributed by atoms with E-state index in [1.165, 1.54) is 6.92 Å². The van der Waals surface area contributed by atoms with E-state index in [4.69, 9.17) is 0 Å². The lowest BCUT2D eigenvalue weighted by Gasteiger charge is -2.29. The Bertz CT molecular complexity index is 325. The molecule has 7 heteroatoms. The normalized spacial score (nSPS) is 15.6. The molecular formula is C13H19F5O2. The molecule has 0 aromatic rings. The molecular weight excluding hydrogens is 283 g/mol. The van der Waals surface area contributed by atoms with Crippen LogP contribution in [0.5, 0.6) is 0 Å². The zero-order valence-corrected chi connectivity index (χ0v) is 11.5. The molecule has 0 radical (unpaired) electrons. The van der Waals surface area contributed by atoms with Gasteiger partial charge in [0.25, 0.3) is 5.92 Å². The number of alkyl halides is 5. The largest absolute Gasteiger partial charge is 0.463 e. The van der Waals surface area contributed by atoms with Crippen LogP contribution in [-0.2, 0) is 9.53 Å². The molecule has 0 heterocycles. The van der Waals surface area contributed by atoms with Crippen LogP contribution in [0.1, 0.15) is 33.1 Å². The van der Waals surface area contributed by atoms with Gasteiger partial charge < -0.3 is 4.74 Å². The summed E-state index contributed by atoms with van der Waals surface area (Å²) in [6.07, 6.45) is -5.51. The molecule has 0 amide bonds. The topological polar surface area (TPSA) is 26.3 Å². The molecule has 0 aliphatic rings. The van der Waals surface area contributed by atoms with Gasteiger partial charge in [0.05, 0.1) is 6.61 Å². The van der Waals surface area contributed by atoms with Gasteiger partial charge in [-0.1, -0.05) is 20.4 Å². The van der Waals surface area contributed by atoms with E-state index in [1.54, 1.807) is 0 Å². The first kappa shape index (κ1) is 18.9. The van der Waals surface area contributed by atoms with Gasteiger partial charge >= 0.3 is 12.1 Å². The Labute approximate surface area is 115 Å². The fourth-order valence-corrected chi connectivity index (χ4v) is 1.65. The number of hydrogen-bond acceptors (Lipinski definition) is 2. The molecule has 118 valence electrons. The molecule has 0 bridgehead atoms. The van der Waals surface area contributed by atoms with Crippen molar-refractivity contribution in [2.75, 3.05) is 6.61 Å². The van der Waals surface area contributed by atoms with Gasteiger partial charge in [-0.25, -0.2) is 13.6 Å². The number of esters is 1. The smallest absolute Gasteiger partial charge is 0.389 e. The Morgan fingerprint density at radius 2 is 1.65 bits per heavy atom. The van der Waals surface area contributed by atoms with E-state index in [0.717, 1.165) is 13.0 Å². The molecule has 2 unspecified atom stereocenters. The maximum Gasteiger partial charge on any atom is 0.389 e. The average molecular weight is 302 g/mol. The zero-order chi connectivity index (χ0) is 16.0. The highest BCUT2D eigenvalue weighted by Gasteiger charge is 2.43. The average Bonchev–Trinajstić information content (AvgIpc) is 2.34. The minimum Gasteiger partial charge on any atom is -0.463 e. The van der Waals surface area contributed by atoms with Crippen molar-refractivity contribution in [1.82, 2.24) is 0 Å². The Hall–Kier alpha value is -1.14. The number of carbonyl (C=O) groups is 1. The fraction of sp³-hybridized carbons (Fsp3) is 0.769. The SMILES string of the molecule is C=CC(=O)OCCC(C)C(F)(F)C(C)CCC(F)(F)F. The number of hydrogen-bond donors (Lipinski definition) is 0. The Kier molecular flexibility index (Phi) is 7.16. The molecule has 0 aromatic heterocycles. The van der Waals surface area contributed by atoms with E-state index < -0.39 is 42.7 Å². The second-order valence-electron chi connectivity index (χ2n) is 4.79. The van der Waals surface area contributed by atoms with Gasteiger partial charge in [-0.15, -0.1) is 0 Å². The summed E-state index contributed by atoms with van der Waals surface area (Å²) in [5.74, 6) is -6.53. The van der Waals surface area contributed by atoms with Crippen LogP contribution in [-0.4, -0.2) is 24.7 Å². The van der Waals surface area contributed by atoms with Crippen molar-refractivity contribution < 1.29 is 31.5 Å². The van der Waals surface area contributed by atoms with Crippen LogP contribution in [0, 0.1) is 11.8 Å². The molecule has 0 rings (SSSR count). The van der Waals surface area contributed by atoms with E-state index in [1.807, 2.05) is 0 Å². The summed E-state index contributed by atoms with van der Waals surface area (Å²) >= 11 is 0. The van der Waals surface area contributed by atoms with Crippen molar-refractivity contribution in [3.05, 3.63) is 12.7 Å². The van der Waals surface area contributed by atoms with Gasteiger partial charge in [0.1, 0.15) is 0 Å². The monoisotopic (exact) mass is 302 g/mol. The summed E-state index contributed by atoms with van der Waals surface area (Å²) < 4.78 is 68.4. The van der Waals surface area contributed by atoms with E-state index in [9.17, 15) is 26.7 Å². The highest BCUT2D eigenvalue weighted by molar-refractivity contribution is 5.81. The summed E-state index contributed by atoms with van der Waals surface area (Å²) in [7, 11) is 0. The minimum absolute atomic E-state index is 0.122. The third kappa shape index (κ3) is 6.86. The highest BCUT2D eigenvalue weighted by atomic mass is 19.4. The third-order valence-electron chi connectivity index (χ3n) is 3.14. The number of rotatable bonds is 8. The van der Waals surface area contributed by atoms with Crippen molar-refractivity contribution >= 4 is 5.97 Å². The summed E-state index contributed by atoms with van der Waals surface area (Å²) in [6, 6.07) is 0. The van der Waals surface area contributed by atoms with Crippen molar-refractivity contribution in [3.8, 4) is 0 Å². The van der Waals surface area contributed by atoms with Gasteiger partial charge in [0.2, 0.25) is 0 Å². The lowest BCUT2D eigenvalue weighted by molar-refractivity contribution is -0.154. The molecule has 0 N–H and O–H groups in total. The van der Waals surface area contributed by atoms with Gasteiger partial charge in [0.15, 0.2) is 0 Å². The molecule has 0 saturated carbocycles. The zero-order valence-electron chi connectivity index (χ0n) is 11.5. The molecule has 0 aliphatic heterocycles. The minimum atomic E-state index is -4.44. The predicted octanol–water partition coefficient (Wildman–Crippen LogP) is 4.36. The van der Waals surface area contributed by atoms with E-state index >= 15 is 0 Å². The summed E-state index contributed by atoms with van der Waals surface area (Å²) in [6.45, 7) is 5.26. The molecule has 20 heavy (non-hydrogen) atoms. The molecule has 0 spiro atoms. The van der Waals surface area contributed by atoms with Gasteiger partial charge in [-0.05, 0) is 12.8 Å². The van der Waals surface area contributed by atoms with Gasteiger partial charge in [0, 0.05) is 24.3 Å². The van der Waals surface area contributed by atoms with Crippen LogP contribution >= 0.6 is 0 Å². The van der Waals surface area contributed by atoms with Gasteiger partial charge in [-0.2, -0.15) is 13.2 Å². The lowest BCUT2D eigenvalue weighted by Crippen LogP contribution is -2.35.